The molecular weight excluding hydrogens is 818 g/mol. The lowest BCUT2D eigenvalue weighted by Crippen LogP contribution is -2.66. The normalized spacial score (nSPS) is 35.3. The predicted octanol–water partition coefficient (Wildman–Crippen LogP) is -0.475. The summed E-state index contributed by atoms with van der Waals surface area (Å²) in [5, 5.41) is 119. The minimum atomic E-state index is -1.97. The third-order valence-electron chi connectivity index (χ3n) is 11.8. The Morgan fingerprint density at radius 3 is 1.63 bits per heavy atom. The first-order valence-electron chi connectivity index (χ1n) is 22.9. The van der Waals surface area contributed by atoms with E-state index >= 15 is 0 Å². The van der Waals surface area contributed by atoms with E-state index in [1.54, 1.807) is 0 Å². The number of carbonyl (C=O) groups excluding carboxylic acids is 1. The Kier molecular flexibility index (Phi) is 26.5. The third-order valence-corrected chi connectivity index (χ3v) is 11.8. The first-order valence-corrected chi connectivity index (χ1v) is 22.9. The van der Waals surface area contributed by atoms with Gasteiger partial charge in [0.1, 0.15) is 73.2 Å². The Labute approximate surface area is 365 Å². The Hall–Kier alpha value is -1.47. The molecule has 3 fully saturated rings. The molecule has 0 radical (unpaired) electrons. The molecule has 0 aromatic rings. The van der Waals surface area contributed by atoms with Crippen molar-refractivity contribution in [3.8, 4) is 0 Å². The zero-order chi connectivity index (χ0) is 45.6. The molecule has 364 valence electrons. The van der Waals surface area contributed by atoms with Crippen molar-refractivity contribution in [2.24, 2.45) is 0 Å². The first-order chi connectivity index (χ1) is 29.8. The van der Waals surface area contributed by atoms with Gasteiger partial charge in [-0.25, -0.2) is 0 Å². The van der Waals surface area contributed by atoms with Gasteiger partial charge in [0.15, 0.2) is 18.9 Å². The molecule has 0 aromatic heterocycles. The van der Waals surface area contributed by atoms with E-state index in [9.17, 15) is 61.0 Å². The van der Waals surface area contributed by atoms with Crippen LogP contribution in [0, 0.1) is 0 Å². The second kappa shape index (κ2) is 29.9. The van der Waals surface area contributed by atoms with Crippen LogP contribution in [0.2, 0.25) is 0 Å². The highest BCUT2D eigenvalue weighted by Gasteiger charge is 2.53. The number of rotatable bonds is 30. The molecule has 0 bridgehead atoms. The molecule has 17 atom stereocenters. The molecule has 0 aromatic carbocycles. The van der Waals surface area contributed by atoms with E-state index in [0.29, 0.717) is 12.8 Å². The van der Waals surface area contributed by atoms with Crippen LogP contribution in [0.15, 0.2) is 12.2 Å². The molecule has 3 heterocycles. The maximum Gasteiger partial charge on any atom is 0.220 e. The average molecular weight is 898 g/mol. The van der Waals surface area contributed by atoms with Gasteiger partial charge >= 0.3 is 0 Å². The summed E-state index contributed by atoms with van der Waals surface area (Å²) < 4.78 is 34.0. The van der Waals surface area contributed by atoms with E-state index < -0.39 is 124 Å². The molecule has 1 amide bonds. The van der Waals surface area contributed by atoms with Crippen LogP contribution in [0.3, 0.4) is 0 Å². The summed E-state index contributed by atoms with van der Waals surface area (Å²) in [4.78, 5) is 13.1. The predicted molar refractivity (Wildman–Crippen MR) is 222 cm³/mol. The second-order valence-electron chi connectivity index (χ2n) is 16.9. The van der Waals surface area contributed by atoms with Crippen LogP contribution in [-0.4, -0.2) is 193 Å². The number of ether oxygens (including phenoxy) is 6. The third kappa shape index (κ3) is 17.1. The number of hydrogen-bond acceptors (Lipinski definition) is 18. The lowest BCUT2D eigenvalue weighted by molar-refractivity contribution is -0.379. The van der Waals surface area contributed by atoms with E-state index in [0.717, 1.165) is 83.5 Å². The summed E-state index contributed by atoms with van der Waals surface area (Å²) in [6.45, 7) is 1.59. The van der Waals surface area contributed by atoms with Crippen LogP contribution >= 0.6 is 0 Å². The Morgan fingerprint density at radius 1 is 0.565 bits per heavy atom. The van der Waals surface area contributed by atoms with Gasteiger partial charge in [0.2, 0.25) is 5.91 Å². The number of nitrogens with one attached hydrogen (secondary N) is 1. The van der Waals surface area contributed by atoms with Crippen LogP contribution in [-0.2, 0) is 33.2 Å². The van der Waals surface area contributed by atoms with Gasteiger partial charge in [-0.3, -0.25) is 4.79 Å². The second-order valence-corrected chi connectivity index (χ2v) is 16.9. The Bertz CT molecular complexity index is 1220. The minimum absolute atomic E-state index is 0.255. The minimum Gasteiger partial charge on any atom is -0.394 e. The summed E-state index contributed by atoms with van der Waals surface area (Å²) in [5.41, 5.74) is 0. The topological polar surface area (TPSA) is 307 Å². The SMILES string of the molecule is CCC/C=C\CCCCCCCC(=O)NC(COC1OC(CO)C(OC2OC(CO)C(OC3OC(CO)C(O)C(O)C3O)C(O)C2O)C(O)C1O)C(O)CCCCCCCCC. The van der Waals surface area contributed by atoms with Crippen molar-refractivity contribution < 1.29 is 89.4 Å². The van der Waals surface area contributed by atoms with Gasteiger partial charge in [-0.1, -0.05) is 96.6 Å². The van der Waals surface area contributed by atoms with Gasteiger partial charge in [0.05, 0.1) is 38.6 Å². The van der Waals surface area contributed by atoms with Gasteiger partial charge in [-0.05, 0) is 32.1 Å². The fraction of sp³-hybridized carbons (Fsp3) is 0.930. The van der Waals surface area contributed by atoms with Crippen molar-refractivity contribution in [2.45, 2.75) is 227 Å². The molecule has 12 N–H and O–H groups in total. The average Bonchev–Trinajstić information content (AvgIpc) is 3.26. The van der Waals surface area contributed by atoms with Gasteiger partial charge < -0.3 is 89.9 Å². The number of allylic oxidation sites excluding steroid dienone is 2. The van der Waals surface area contributed by atoms with Gasteiger partial charge in [-0.2, -0.15) is 0 Å². The number of aliphatic hydroxyl groups is 11. The van der Waals surface area contributed by atoms with Crippen LogP contribution in [0.25, 0.3) is 0 Å². The van der Waals surface area contributed by atoms with Crippen molar-refractivity contribution in [2.75, 3.05) is 26.4 Å². The number of hydrogen-bond donors (Lipinski definition) is 12. The molecule has 19 heteroatoms. The molecule has 0 spiro atoms. The molecule has 62 heavy (non-hydrogen) atoms. The van der Waals surface area contributed by atoms with Gasteiger partial charge in [0.25, 0.3) is 0 Å². The van der Waals surface area contributed by atoms with Crippen LogP contribution in [0.5, 0.6) is 0 Å². The molecule has 0 saturated carbocycles. The number of carbonyl (C=O) groups is 1. The lowest BCUT2D eigenvalue weighted by atomic mass is 9.96. The summed E-state index contributed by atoms with van der Waals surface area (Å²) in [6, 6.07) is -0.882. The van der Waals surface area contributed by atoms with Gasteiger partial charge in [0, 0.05) is 6.42 Å². The van der Waals surface area contributed by atoms with E-state index in [4.69, 9.17) is 28.4 Å². The van der Waals surface area contributed by atoms with Crippen molar-refractivity contribution in [1.82, 2.24) is 5.32 Å². The van der Waals surface area contributed by atoms with Crippen LogP contribution in [0.4, 0.5) is 0 Å². The Balaban J connectivity index is 1.59. The number of aliphatic hydroxyl groups excluding tert-OH is 11. The summed E-state index contributed by atoms with van der Waals surface area (Å²) in [6.07, 6.45) is -6.16. The fourth-order valence-electron chi connectivity index (χ4n) is 7.90. The molecule has 3 rings (SSSR count). The van der Waals surface area contributed by atoms with E-state index in [1.807, 2.05) is 0 Å². The first kappa shape index (κ1) is 54.9. The smallest absolute Gasteiger partial charge is 0.220 e. The van der Waals surface area contributed by atoms with E-state index in [2.05, 4.69) is 31.3 Å². The number of unbranched alkanes of at least 4 members (excludes halogenated alkanes) is 12. The van der Waals surface area contributed by atoms with Crippen LogP contribution in [0.1, 0.15) is 123 Å². The summed E-state index contributed by atoms with van der Waals surface area (Å²) in [7, 11) is 0. The quantitative estimate of drug-likeness (QED) is 0.0320. The highest BCUT2D eigenvalue weighted by molar-refractivity contribution is 5.76. The zero-order valence-corrected chi connectivity index (χ0v) is 36.6. The van der Waals surface area contributed by atoms with Crippen molar-refractivity contribution in [3.05, 3.63) is 12.2 Å². The van der Waals surface area contributed by atoms with E-state index in [-0.39, 0.29) is 18.9 Å². The molecule has 3 aliphatic heterocycles. The maximum atomic E-state index is 13.1. The van der Waals surface area contributed by atoms with Crippen molar-refractivity contribution in [1.29, 1.82) is 0 Å². The highest BCUT2D eigenvalue weighted by Crippen LogP contribution is 2.33. The molecule has 19 nitrogen and oxygen atoms in total. The van der Waals surface area contributed by atoms with E-state index in [1.165, 1.54) is 6.42 Å². The highest BCUT2D eigenvalue weighted by atomic mass is 16.8. The largest absolute Gasteiger partial charge is 0.394 e. The molecule has 17 unspecified atom stereocenters. The Morgan fingerprint density at radius 2 is 1.05 bits per heavy atom. The monoisotopic (exact) mass is 898 g/mol. The van der Waals surface area contributed by atoms with Crippen molar-refractivity contribution in [3.63, 3.8) is 0 Å². The standard InChI is InChI=1S/C43H79NO18/c1-3-5-7-9-11-12-13-15-17-19-21-31(49)44-26(27(48)20-18-16-14-10-8-6-4-2)25-57-41-37(55)34(52)39(29(23-46)59-41)62-43-38(56)35(53)40(30(24-47)60-43)61-42-36(54)33(51)32(50)28(22-45)58-42/h7,9,26-30,32-43,45-48,50-56H,3-6,8,10-25H2,1-2H3,(H,44,49)/b9-7-. The number of amides is 1. The molecular formula is C43H79NO18. The maximum absolute atomic E-state index is 13.1. The van der Waals surface area contributed by atoms with Gasteiger partial charge in [-0.15, -0.1) is 0 Å². The molecule has 3 aliphatic rings. The lowest BCUT2D eigenvalue weighted by Gasteiger charge is -2.48. The molecule has 3 saturated heterocycles. The van der Waals surface area contributed by atoms with Crippen molar-refractivity contribution >= 4 is 5.91 Å². The summed E-state index contributed by atoms with van der Waals surface area (Å²) >= 11 is 0. The fourth-order valence-corrected chi connectivity index (χ4v) is 7.90. The zero-order valence-electron chi connectivity index (χ0n) is 36.6. The molecule has 0 aliphatic carbocycles. The van der Waals surface area contributed by atoms with Crippen LogP contribution < -0.4 is 5.32 Å². The summed E-state index contributed by atoms with van der Waals surface area (Å²) in [5.74, 6) is -0.262.